The van der Waals surface area contributed by atoms with E-state index >= 15 is 0 Å². The van der Waals surface area contributed by atoms with Gasteiger partial charge in [-0.15, -0.1) is 0 Å². The highest BCUT2D eigenvalue weighted by atomic mass is 32.2. The molecule has 28 heavy (non-hydrogen) atoms. The van der Waals surface area contributed by atoms with Crippen LogP contribution in [-0.4, -0.2) is 51.6 Å². The molecule has 2 heterocycles. The standard InChI is InChI=1S/C19H26N4O3S2/c1-22(2)28(24,25)16-8-5-7-15(13-16)21-19(27)20-14-17(18-9-6-12-26-18)23-10-3-4-11-23/h5-9,12-13,17H,3-4,10-11,14H2,1-2H3,(H2,20,21,27)/p+1/t17-/m1/s1. The summed E-state index contributed by atoms with van der Waals surface area (Å²) in [5.41, 5.74) is 0.628. The molecule has 0 aliphatic carbocycles. The maximum atomic E-state index is 12.3. The van der Waals surface area contributed by atoms with Gasteiger partial charge in [-0.2, -0.15) is 0 Å². The van der Waals surface area contributed by atoms with Crippen molar-refractivity contribution in [2.75, 3.05) is 39.0 Å². The van der Waals surface area contributed by atoms with Crippen molar-refractivity contribution in [3.05, 3.63) is 48.4 Å². The van der Waals surface area contributed by atoms with E-state index in [9.17, 15) is 8.42 Å². The lowest BCUT2D eigenvalue weighted by Crippen LogP contribution is -3.11. The van der Waals surface area contributed by atoms with Gasteiger partial charge in [-0.3, -0.25) is 0 Å². The number of nitrogens with one attached hydrogen (secondary N) is 3. The van der Waals surface area contributed by atoms with E-state index in [1.165, 1.54) is 36.1 Å². The number of hydrogen-bond acceptors (Lipinski definition) is 4. The Hall–Kier alpha value is -1.94. The normalized spacial score (nSPS) is 16.2. The highest BCUT2D eigenvalue weighted by Gasteiger charge is 2.29. The monoisotopic (exact) mass is 423 g/mol. The van der Waals surface area contributed by atoms with Gasteiger partial charge in [0.05, 0.1) is 30.8 Å². The minimum atomic E-state index is -3.49. The number of benzene rings is 1. The molecule has 1 aliphatic rings. The molecule has 2 aromatic rings. The van der Waals surface area contributed by atoms with Gasteiger partial charge in [0, 0.05) is 32.6 Å². The van der Waals surface area contributed by atoms with Crippen molar-refractivity contribution in [1.82, 2.24) is 9.62 Å². The summed E-state index contributed by atoms with van der Waals surface area (Å²) in [6.07, 6.45) is 4.15. The second-order valence-corrected chi connectivity index (χ2v) is 9.64. The molecule has 0 bridgehead atoms. The van der Waals surface area contributed by atoms with E-state index in [1.54, 1.807) is 30.5 Å². The first-order valence-corrected chi connectivity index (χ1v) is 11.2. The second-order valence-electron chi connectivity index (χ2n) is 7.08. The fraction of sp³-hybridized carbons (Fsp3) is 0.421. The van der Waals surface area contributed by atoms with E-state index in [0.717, 1.165) is 18.8 Å². The van der Waals surface area contributed by atoms with Gasteiger partial charge in [-0.1, -0.05) is 6.07 Å². The molecule has 0 radical (unpaired) electrons. The van der Waals surface area contributed by atoms with Crippen LogP contribution in [0.1, 0.15) is 24.6 Å². The van der Waals surface area contributed by atoms with Gasteiger partial charge in [0.2, 0.25) is 10.0 Å². The Labute approximate surface area is 171 Å². The number of rotatable bonds is 7. The van der Waals surface area contributed by atoms with Crippen LogP contribution >= 0.6 is 12.2 Å². The van der Waals surface area contributed by atoms with E-state index < -0.39 is 10.0 Å². The fourth-order valence-corrected chi connectivity index (χ4v) is 4.58. The average Bonchev–Trinajstić information content (AvgIpc) is 3.36. The van der Waals surface area contributed by atoms with Gasteiger partial charge >= 0.3 is 0 Å². The quantitative estimate of drug-likeness (QED) is 0.582. The van der Waals surface area contributed by atoms with Crippen LogP contribution in [0.5, 0.6) is 0 Å². The van der Waals surface area contributed by atoms with E-state index in [0.29, 0.717) is 17.3 Å². The molecule has 1 fully saturated rings. The van der Waals surface area contributed by atoms with Gasteiger partial charge in [0.15, 0.2) is 16.9 Å². The summed E-state index contributed by atoms with van der Waals surface area (Å²) >= 11 is 5.42. The van der Waals surface area contributed by atoms with Crippen LogP contribution in [0.2, 0.25) is 0 Å². The predicted molar refractivity (Wildman–Crippen MR) is 113 cm³/mol. The van der Waals surface area contributed by atoms with Gasteiger partial charge < -0.3 is 20.0 Å². The molecule has 9 heteroatoms. The number of nitrogens with zero attached hydrogens (tertiary/aromatic N) is 1. The maximum absolute atomic E-state index is 12.3. The molecular weight excluding hydrogens is 396 g/mol. The highest BCUT2D eigenvalue weighted by Crippen LogP contribution is 2.18. The number of hydrogen-bond donors (Lipinski definition) is 3. The summed E-state index contributed by atoms with van der Waals surface area (Å²) in [6.45, 7) is 2.89. The van der Waals surface area contributed by atoms with Crippen molar-refractivity contribution in [2.24, 2.45) is 0 Å². The average molecular weight is 424 g/mol. The topological polar surface area (TPSA) is 79.0 Å². The van der Waals surface area contributed by atoms with E-state index in [2.05, 4.69) is 10.6 Å². The third-order valence-electron chi connectivity index (χ3n) is 4.96. The largest absolute Gasteiger partial charge is 0.463 e. The first-order chi connectivity index (χ1) is 13.4. The first kappa shape index (κ1) is 20.8. The second kappa shape index (κ2) is 9.04. The van der Waals surface area contributed by atoms with Crippen molar-refractivity contribution in [3.8, 4) is 0 Å². The van der Waals surface area contributed by atoms with Crippen molar-refractivity contribution in [2.45, 2.75) is 23.8 Å². The Kier molecular flexibility index (Phi) is 6.71. The molecule has 152 valence electrons. The summed E-state index contributed by atoms with van der Waals surface area (Å²) in [7, 11) is -0.466. The van der Waals surface area contributed by atoms with E-state index in [-0.39, 0.29) is 10.9 Å². The fourth-order valence-electron chi connectivity index (χ4n) is 3.43. The van der Waals surface area contributed by atoms with Crippen molar-refractivity contribution >= 4 is 33.0 Å². The number of furan rings is 1. The molecule has 1 atom stereocenters. The molecule has 0 spiro atoms. The Balaban J connectivity index is 1.64. The van der Waals surface area contributed by atoms with Gasteiger partial charge in [0.1, 0.15) is 0 Å². The molecule has 3 N–H and O–H groups in total. The lowest BCUT2D eigenvalue weighted by atomic mass is 10.2. The third kappa shape index (κ3) is 4.91. The third-order valence-corrected chi connectivity index (χ3v) is 7.02. The summed E-state index contributed by atoms with van der Waals surface area (Å²) in [5.74, 6) is 0.950. The van der Waals surface area contributed by atoms with Crippen molar-refractivity contribution < 1.29 is 17.7 Å². The van der Waals surface area contributed by atoms with Gasteiger partial charge in [0.25, 0.3) is 0 Å². The minimum absolute atomic E-state index is 0.192. The molecule has 0 unspecified atom stereocenters. The predicted octanol–water partition coefficient (Wildman–Crippen LogP) is 1.24. The minimum Gasteiger partial charge on any atom is -0.463 e. The molecule has 1 aliphatic heterocycles. The maximum Gasteiger partial charge on any atom is 0.242 e. The number of thiocarbonyl (C=S) groups is 1. The van der Waals surface area contributed by atoms with Crippen LogP contribution in [0.25, 0.3) is 0 Å². The van der Waals surface area contributed by atoms with Crippen LogP contribution in [0.3, 0.4) is 0 Å². The number of quaternary nitrogens is 1. The number of likely N-dealkylation sites (tertiary alicyclic amines) is 1. The lowest BCUT2D eigenvalue weighted by Gasteiger charge is -2.24. The Bertz CT molecular complexity index is 892. The SMILES string of the molecule is CN(C)S(=O)(=O)c1cccc(NC(=S)NC[C@H](c2ccco2)[NH+]2CCCC2)c1. The smallest absolute Gasteiger partial charge is 0.242 e. The molecule has 1 aromatic heterocycles. The Morgan fingerprint density at radius 2 is 2.00 bits per heavy atom. The first-order valence-electron chi connectivity index (χ1n) is 9.33. The van der Waals surface area contributed by atoms with Crippen molar-refractivity contribution in [1.29, 1.82) is 0 Å². The summed E-state index contributed by atoms with van der Waals surface area (Å²) in [4.78, 5) is 1.71. The highest BCUT2D eigenvalue weighted by molar-refractivity contribution is 7.89. The van der Waals surface area contributed by atoms with Crippen LogP contribution in [0.15, 0.2) is 52.0 Å². The molecule has 1 saturated heterocycles. The van der Waals surface area contributed by atoms with Gasteiger partial charge in [-0.25, -0.2) is 12.7 Å². The van der Waals surface area contributed by atoms with Crippen LogP contribution in [0, 0.1) is 0 Å². The Morgan fingerprint density at radius 1 is 1.25 bits per heavy atom. The summed E-state index contributed by atoms with van der Waals surface area (Å²) < 4.78 is 31.4. The molecule has 0 saturated carbocycles. The Morgan fingerprint density at radius 3 is 2.64 bits per heavy atom. The lowest BCUT2D eigenvalue weighted by molar-refractivity contribution is -0.919. The number of sulfonamides is 1. The van der Waals surface area contributed by atoms with E-state index in [4.69, 9.17) is 16.6 Å². The molecule has 3 rings (SSSR count). The van der Waals surface area contributed by atoms with E-state index in [1.807, 2.05) is 12.1 Å². The van der Waals surface area contributed by atoms with Crippen LogP contribution in [0.4, 0.5) is 5.69 Å². The van der Waals surface area contributed by atoms with Crippen LogP contribution < -0.4 is 15.5 Å². The molecular formula is C19H27N4O3S2+. The number of anilines is 1. The van der Waals surface area contributed by atoms with Crippen molar-refractivity contribution in [3.63, 3.8) is 0 Å². The zero-order valence-corrected chi connectivity index (χ0v) is 17.8. The molecule has 1 aromatic carbocycles. The zero-order valence-electron chi connectivity index (χ0n) is 16.1. The van der Waals surface area contributed by atoms with Crippen LogP contribution in [-0.2, 0) is 10.0 Å². The van der Waals surface area contributed by atoms with Gasteiger partial charge in [-0.05, 0) is 42.5 Å². The molecule has 0 amide bonds. The zero-order chi connectivity index (χ0) is 20.1. The molecule has 7 nitrogen and oxygen atoms in total. The summed E-state index contributed by atoms with van der Waals surface area (Å²) in [6, 6.07) is 10.7. The summed E-state index contributed by atoms with van der Waals surface area (Å²) in [5, 5.41) is 6.79.